The molecule has 17 heavy (non-hydrogen) atoms. The molecule has 0 amide bonds. The molecule has 1 unspecified atom stereocenters. The maximum atomic E-state index is 6.15. The van der Waals surface area contributed by atoms with Crippen molar-refractivity contribution >= 4 is 62.1 Å². The van der Waals surface area contributed by atoms with Crippen LogP contribution in [0.1, 0.15) is 17.2 Å². The third-order valence-electron chi connectivity index (χ3n) is 2.26. The maximum absolute atomic E-state index is 6.15. The molecule has 1 heterocycles. The quantitative estimate of drug-likeness (QED) is 0.739. The molecular weight excluding hydrogens is 364 g/mol. The van der Waals surface area contributed by atoms with E-state index in [0.29, 0.717) is 13.7 Å². The Morgan fingerprint density at radius 3 is 2.35 bits per heavy atom. The molecule has 0 bridgehead atoms. The number of thiophene rings is 1. The second-order valence-corrected chi connectivity index (χ2v) is 7.10. The predicted molar refractivity (Wildman–Crippen MR) is 79.5 cm³/mol. The highest BCUT2D eigenvalue weighted by atomic mass is 79.9. The molecule has 0 saturated heterocycles. The lowest BCUT2D eigenvalue weighted by Gasteiger charge is -2.12. The summed E-state index contributed by atoms with van der Waals surface area (Å²) in [7, 11) is 0. The minimum absolute atomic E-state index is 0.332. The molecule has 90 valence electrons. The molecule has 0 radical (unpaired) electrons. The molecule has 0 aliphatic heterocycles. The summed E-state index contributed by atoms with van der Waals surface area (Å²) in [5, 5.41) is 0.627. The van der Waals surface area contributed by atoms with Crippen LogP contribution in [-0.4, -0.2) is 0 Å². The van der Waals surface area contributed by atoms with Crippen molar-refractivity contribution in [1.29, 1.82) is 0 Å². The van der Waals surface area contributed by atoms with Crippen molar-refractivity contribution in [2.24, 2.45) is 5.73 Å². The van der Waals surface area contributed by atoms with Gasteiger partial charge in [0.1, 0.15) is 0 Å². The Kier molecular flexibility index (Phi) is 4.40. The first-order chi connectivity index (χ1) is 7.97. The van der Waals surface area contributed by atoms with Crippen molar-refractivity contribution in [2.45, 2.75) is 6.04 Å². The molecule has 1 nitrogen and oxygen atoms in total. The minimum Gasteiger partial charge on any atom is -0.320 e. The molecule has 0 fully saturated rings. The van der Waals surface area contributed by atoms with Crippen molar-refractivity contribution in [1.82, 2.24) is 0 Å². The van der Waals surface area contributed by atoms with Gasteiger partial charge in [-0.2, -0.15) is 0 Å². The number of hydrogen-bond donors (Lipinski definition) is 1. The highest BCUT2D eigenvalue weighted by Gasteiger charge is 2.16. The second-order valence-electron chi connectivity index (χ2n) is 3.46. The van der Waals surface area contributed by atoms with Gasteiger partial charge in [-0.15, -0.1) is 11.3 Å². The van der Waals surface area contributed by atoms with Crippen molar-refractivity contribution in [2.75, 3.05) is 0 Å². The monoisotopic (exact) mass is 369 g/mol. The molecule has 1 aromatic carbocycles. The molecule has 0 saturated carbocycles. The van der Waals surface area contributed by atoms with Gasteiger partial charge in [-0.05, 0) is 29.8 Å². The van der Waals surface area contributed by atoms with E-state index in [1.165, 1.54) is 11.3 Å². The van der Waals surface area contributed by atoms with Crippen molar-refractivity contribution in [3.63, 3.8) is 0 Å². The molecule has 2 N–H and O–H groups in total. The summed E-state index contributed by atoms with van der Waals surface area (Å²) in [6.45, 7) is 0. The first-order valence-corrected chi connectivity index (χ1v) is 7.38. The Labute approximate surface area is 127 Å². The molecule has 1 atom stereocenters. The van der Waals surface area contributed by atoms with Crippen LogP contribution in [0.2, 0.25) is 13.7 Å². The molecular formula is C11H7BrCl3NS. The van der Waals surface area contributed by atoms with Crippen LogP contribution in [0.3, 0.4) is 0 Å². The van der Waals surface area contributed by atoms with Gasteiger partial charge in [0, 0.05) is 15.1 Å². The van der Waals surface area contributed by atoms with Crippen LogP contribution >= 0.6 is 62.1 Å². The molecule has 1 aromatic heterocycles. The van der Waals surface area contributed by atoms with Crippen molar-refractivity contribution < 1.29 is 0 Å². The lowest BCUT2D eigenvalue weighted by molar-refractivity contribution is 0.876. The zero-order chi connectivity index (χ0) is 12.6. The summed E-state index contributed by atoms with van der Waals surface area (Å²) < 4.78 is 2.12. The predicted octanol–water partition coefficient (Wildman–Crippen LogP) is 5.52. The van der Waals surface area contributed by atoms with Gasteiger partial charge in [0.2, 0.25) is 0 Å². The van der Waals surface area contributed by atoms with E-state index in [1.54, 1.807) is 12.1 Å². The fourth-order valence-electron chi connectivity index (χ4n) is 1.50. The Balaban J connectivity index is 2.43. The van der Waals surface area contributed by atoms with Crippen LogP contribution in [0.15, 0.2) is 28.7 Å². The topological polar surface area (TPSA) is 26.0 Å². The van der Waals surface area contributed by atoms with Crippen LogP contribution < -0.4 is 5.73 Å². The normalized spacial score (nSPS) is 12.8. The highest BCUT2D eigenvalue weighted by molar-refractivity contribution is 9.10. The third kappa shape index (κ3) is 3.16. The molecule has 0 spiro atoms. The van der Waals surface area contributed by atoms with E-state index in [2.05, 4.69) is 15.9 Å². The summed E-state index contributed by atoms with van der Waals surface area (Å²) in [4.78, 5) is 0. The lowest BCUT2D eigenvalue weighted by Crippen LogP contribution is -2.11. The lowest BCUT2D eigenvalue weighted by atomic mass is 10.0. The van der Waals surface area contributed by atoms with Gasteiger partial charge in [-0.1, -0.05) is 50.7 Å². The van der Waals surface area contributed by atoms with Crippen LogP contribution in [0, 0.1) is 0 Å². The van der Waals surface area contributed by atoms with E-state index < -0.39 is 0 Å². The van der Waals surface area contributed by atoms with E-state index in [9.17, 15) is 0 Å². The minimum atomic E-state index is -0.332. The van der Waals surface area contributed by atoms with Gasteiger partial charge < -0.3 is 5.73 Å². The number of benzene rings is 1. The Hall–Kier alpha value is 0.230. The third-order valence-corrected chi connectivity index (χ3v) is 4.46. The summed E-state index contributed by atoms with van der Waals surface area (Å²) >= 11 is 22.7. The fraction of sp³-hybridized carbons (Fsp3) is 0.0909. The summed E-state index contributed by atoms with van der Waals surface area (Å²) in [6.07, 6.45) is 0. The first kappa shape index (κ1) is 13.7. The van der Waals surface area contributed by atoms with E-state index >= 15 is 0 Å². The standard InChI is InChI=1S/C11H7BrCl3NS/c12-6-1-5(2-7(13)3-6)10(16)8-4-9(14)17-11(8)15/h1-4,10H,16H2. The molecule has 2 aromatic rings. The Morgan fingerprint density at radius 2 is 1.82 bits per heavy atom. The van der Waals surface area contributed by atoms with Crippen LogP contribution in [0.5, 0.6) is 0 Å². The van der Waals surface area contributed by atoms with Crippen molar-refractivity contribution in [3.05, 3.63) is 53.6 Å². The molecule has 0 aliphatic rings. The highest BCUT2D eigenvalue weighted by Crippen LogP contribution is 2.37. The number of hydrogen-bond acceptors (Lipinski definition) is 2. The van der Waals surface area contributed by atoms with Crippen LogP contribution in [-0.2, 0) is 0 Å². The Bertz CT molecular complexity index is 535. The van der Waals surface area contributed by atoms with E-state index in [0.717, 1.165) is 15.6 Å². The number of halogens is 4. The van der Waals surface area contributed by atoms with Crippen molar-refractivity contribution in [3.8, 4) is 0 Å². The summed E-state index contributed by atoms with van der Waals surface area (Å²) in [5.41, 5.74) is 7.86. The van der Waals surface area contributed by atoms with E-state index in [4.69, 9.17) is 40.5 Å². The molecule has 2 rings (SSSR count). The number of nitrogens with two attached hydrogens (primary N) is 1. The SMILES string of the molecule is NC(c1cc(Cl)cc(Br)c1)c1cc(Cl)sc1Cl. The smallest absolute Gasteiger partial charge is 0.0995 e. The molecule has 6 heteroatoms. The Morgan fingerprint density at radius 1 is 1.12 bits per heavy atom. The first-order valence-electron chi connectivity index (χ1n) is 4.63. The zero-order valence-corrected chi connectivity index (χ0v) is 13.1. The van der Waals surface area contributed by atoms with Gasteiger partial charge in [0.15, 0.2) is 0 Å². The van der Waals surface area contributed by atoms with Crippen LogP contribution in [0.4, 0.5) is 0 Å². The maximum Gasteiger partial charge on any atom is 0.0995 e. The average molecular weight is 372 g/mol. The largest absolute Gasteiger partial charge is 0.320 e. The van der Waals surface area contributed by atoms with E-state index in [-0.39, 0.29) is 6.04 Å². The average Bonchev–Trinajstić information content (AvgIpc) is 2.55. The summed E-state index contributed by atoms with van der Waals surface area (Å²) in [6, 6.07) is 6.99. The second kappa shape index (κ2) is 5.47. The van der Waals surface area contributed by atoms with Gasteiger partial charge in [0.05, 0.1) is 14.7 Å². The number of rotatable bonds is 2. The fourth-order valence-corrected chi connectivity index (χ4v) is 3.94. The zero-order valence-electron chi connectivity index (χ0n) is 8.38. The van der Waals surface area contributed by atoms with Gasteiger partial charge in [-0.3, -0.25) is 0 Å². The van der Waals surface area contributed by atoms with E-state index in [1.807, 2.05) is 12.1 Å². The molecule has 0 aliphatic carbocycles. The van der Waals surface area contributed by atoms with Gasteiger partial charge in [0.25, 0.3) is 0 Å². The van der Waals surface area contributed by atoms with Gasteiger partial charge in [-0.25, -0.2) is 0 Å². The van der Waals surface area contributed by atoms with Crippen LogP contribution in [0.25, 0.3) is 0 Å². The summed E-state index contributed by atoms with van der Waals surface area (Å²) in [5.74, 6) is 0. The van der Waals surface area contributed by atoms with Gasteiger partial charge >= 0.3 is 0 Å².